The van der Waals surface area contributed by atoms with Gasteiger partial charge >= 0.3 is 17.9 Å². The van der Waals surface area contributed by atoms with Crippen LogP contribution in [0.4, 0.5) is 0 Å². The van der Waals surface area contributed by atoms with Gasteiger partial charge in [-0.15, -0.1) is 0 Å². The third kappa shape index (κ3) is 37.2. The molecule has 1 rings (SSSR count). The second-order valence-corrected chi connectivity index (χ2v) is 17.2. The van der Waals surface area contributed by atoms with E-state index in [4.69, 9.17) is 48.1 Å². The normalized spacial score (nSPS) is 17.3. The van der Waals surface area contributed by atoms with Gasteiger partial charge in [-0.3, -0.25) is 9.59 Å². The van der Waals surface area contributed by atoms with Crippen molar-refractivity contribution in [3.63, 3.8) is 0 Å². The van der Waals surface area contributed by atoms with Gasteiger partial charge in [0.2, 0.25) is 0 Å². The number of aliphatic hydroxyl groups excluding tert-OH is 2. The van der Waals surface area contributed by atoms with Crippen molar-refractivity contribution in [2.45, 2.75) is 183 Å². The van der Waals surface area contributed by atoms with Gasteiger partial charge in [-0.1, -0.05) is 27.7 Å². The van der Waals surface area contributed by atoms with Crippen molar-refractivity contribution in [3.05, 3.63) is 0 Å². The fourth-order valence-electron chi connectivity index (χ4n) is 4.12. The molecule has 1 fully saturated rings. The number of methoxy groups -OCH3 is 1. The van der Waals surface area contributed by atoms with E-state index in [2.05, 4.69) is 0 Å². The van der Waals surface area contributed by atoms with Crippen molar-refractivity contribution in [2.75, 3.05) is 46.8 Å². The van der Waals surface area contributed by atoms with Crippen molar-refractivity contribution in [1.82, 2.24) is 0 Å². The summed E-state index contributed by atoms with van der Waals surface area (Å²) in [5, 5.41) is 17.8. The van der Waals surface area contributed by atoms with Gasteiger partial charge in [0, 0.05) is 7.11 Å². The van der Waals surface area contributed by atoms with Crippen LogP contribution >= 0.6 is 0 Å². The van der Waals surface area contributed by atoms with E-state index in [0.717, 1.165) is 25.5 Å². The minimum absolute atomic E-state index is 0.0292. The average molecular weight is 797 g/mol. The molecule has 0 aromatic carbocycles. The molecule has 2 N–H and O–H groups in total. The van der Waals surface area contributed by atoms with Crippen LogP contribution in [0.2, 0.25) is 0 Å². The molecule has 0 radical (unpaired) electrons. The van der Waals surface area contributed by atoms with Crippen molar-refractivity contribution in [2.24, 2.45) is 11.8 Å². The van der Waals surface area contributed by atoms with Crippen LogP contribution in [-0.2, 0) is 57.1 Å². The molecule has 0 heterocycles. The molecule has 0 aliphatic heterocycles. The summed E-state index contributed by atoms with van der Waals surface area (Å²) in [7, 11) is 1.67. The van der Waals surface area contributed by atoms with Crippen molar-refractivity contribution in [1.29, 1.82) is 0 Å². The predicted octanol–water partition coefficient (Wildman–Crippen LogP) is 6.03. The molecule has 14 nitrogen and oxygen atoms in total. The molecular weight excluding hydrogens is 716 g/mol. The average Bonchev–Trinajstić information content (AvgIpc) is 3.03. The molecule has 0 aromatic rings. The number of carbonyl (C=O) groups is 4. The van der Waals surface area contributed by atoms with Crippen LogP contribution in [0.15, 0.2) is 0 Å². The van der Waals surface area contributed by atoms with Crippen LogP contribution in [0.1, 0.15) is 136 Å². The number of hydrogen-bond donors (Lipinski definition) is 2. The zero-order valence-corrected chi connectivity index (χ0v) is 37.4. The maximum Gasteiger partial charge on any atom is 0.337 e. The molecule has 0 spiro atoms. The number of carbonyl (C=O) groups excluding carboxylic acids is 4. The smallest absolute Gasteiger partial charge is 0.337 e. The van der Waals surface area contributed by atoms with E-state index in [9.17, 15) is 19.2 Å². The first-order valence-electron chi connectivity index (χ1n) is 19.4. The van der Waals surface area contributed by atoms with Crippen LogP contribution in [0.3, 0.4) is 0 Å². The Kier molecular flexibility index (Phi) is 30.2. The number of aldehydes is 1. The number of rotatable bonds is 18. The number of esters is 3. The summed E-state index contributed by atoms with van der Waals surface area (Å²) < 4.78 is 41.9. The lowest BCUT2D eigenvalue weighted by molar-refractivity contribution is -0.181. The molecular formula is C41H80O14. The van der Waals surface area contributed by atoms with Gasteiger partial charge in [-0.05, 0) is 109 Å². The Morgan fingerprint density at radius 1 is 0.636 bits per heavy atom. The van der Waals surface area contributed by atoms with Crippen molar-refractivity contribution in [3.8, 4) is 0 Å². The molecule has 0 saturated heterocycles. The summed E-state index contributed by atoms with van der Waals surface area (Å²) in [6, 6.07) is 0. The fraction of sp³-hybridized carbons (Fsp3) is 0.902. The Bertz CT molecular complexity index is 1020. The highest BCUT2D eigenvalue weighted by molar-refractivity contribution is 5.78. The van der Waals surface area contributed by atoms with Crippen molar-refractivity contribution >= 4 is 24.2 Å². The van der Waals surface area contributed by atoms with E-state index < -0.39 is 23.3 Å². The summed E-state index contributed by atoms with van der Waals surface area (Å²) in [5.41, 5.74) is -2.25. The SMILES string of the molecule is CC(COC(=O)C(C)C)OC(C)(C)C(=O)OCCOC(C)(C)C.CC(COC(=O)C(C)C)OC(C)(C)C=O.COCCOC(C)(C)C.OC1CCCC(O)C1. The number of hydrogen-bond acceptors (Lipinski definition) is 14. The lowest BCUT2D eigenvalue weighted by Crippen LogP contribution is -2.41. The van der Waals surface area contributed by atoms with Gasteiger partial charge in [0.1, 0.15) is 25.4 Å². The molecule has 1 saturated carbocycles. The van der Waals surface area contributed by atoms with Gasteiger partial charge < -0.3 is 52.9 Å². The number of aliphatic hydroxyl groups is 2. The summed E-state index contributed by atoms with van der Waals surface area (Å²) in [5.74, 6) is -1.36. The molecule has 4 unspecified atom stereocenters. The minimum atomic E-state index is -1.12. The monoisotopic (exact) mass is 797 g/mol. The van der Waals surface area contributed by atoms with Gasteiger partial charge in [0.25, 0.3) is 0 Å². The second kappa shape index (κ2) is 29.1. The first-order valence-corrected chi connectivity index (χ1v) is 19.4. The maximum absolute atomic E-state index is 12.1. The van der Waals surface area contributed by atoms with Gasteiger partial charge in [-0.2, -0.15) is 0 Å². The lowest BCUT2D eigenvalue weighted by Gasteiger charge is -2.27. The topological polar surface area (TPSA) is 183 Å². The second-order valence-electron chi connectivity index (χ2n) is 17.2. The van der Waals surface area contributed by atoms with E-state index in [-0.39, 0.29) is 73.1 Å². The Morgan fingerprint density at radius 3 is 1.36 bits per heavy atom. The quantitative estimate of drug-likeness (QED) is 0.0710. The van der Waals surface area contributed by atoms with E-state index in [1.54, 1.807) is 76.3 Å². The first kappa shape index (κ1) is 57.1. The third-order valence-corrected chi connectivity index (χ3v) is 6.93. The van der Waals surface area contributed by atoms with Crippen LogP contribution in [0, 0.1) is 11.8 Å². The Hall–Kier alpha value is -2.20. The summed E-state index contributed by atoms with van der Waals surface area (Å²) in [4.78, 5) is 45.2. The molecule has 1 aliphatic carbocycles. The fourth-order valence-corrected chi connectivity index (χ4v) is 4.12. The van der Waals surface area contributed by atoms with Gasteiger partial charge in [0.15, 0.2) is 11.9 Å². The molecule has 0 amide bonds. The Labute approximate surface area is 332 Å². The zero-order valence-electron chi connectivity index (χ0n) is 37.4. The van der Waals surface area contributed by atoms with E-state index in [1.807, 2.05) is 41.5 Å². The first-order chi connectivity index (χ1) is 25.0. The van der Waals surface area contributed by atoms with E-state index in [0.29, 0.717) is 26.2 Å². The van der Waals surface area contributed by atoms with Crippen LogP contribution < -0.4 is 0 Å². The lowest BCUT2D eigenvalue weighted by atomic mass is 9.95. The Balaban J connectivity index is -0.000000718. The highest BCUT2D eigenvalue weighted by Gasteiger charge is 2.33. The Morgan fingerprint density at radius 2 is 1.04 bits per heavy atom. The minimum Gasteiger partial charge on any atom is -0.463 e. The predicted molar refractivity (Wildman–Crippen MR) is 212 cm³/mol. The molecule has 4 atom stereocenters. The van der Waals surface area contributed by atoms with Crippen LogP contribution in [-0.4, -0.2) is 128 Å². The highest BCUT2D eigenvalue weighted by Crippen LogP contribution is 2.18. The molecule has 0 aromatic heterocycles. The van der Waals surface area contributed by atoms with E-state index >= 15 is 0 Å². The van der Waals surface area contributed by atoms with Gasteiger partial charge in [-0.25, -0.2) is 4.79 Å². The summed E-state index contributed by atoms with van der Waals surface area (Å²) in [6.45, 7) is 31.2. The van der Waals surface area contributed by atoms with Gasteiger partial charge in [0.05, 0.1) is 67.3 Å². The van der Waals surface area contributed by atoms with Crippen LogP contribution in [0.5, 0.6) is 0 Å². The summed E-state index contributed by atoms with van der Waals surface area (Å²) in [6.07, 6.45) is 2.86. The zero-order chi connectivity index (χ0) is 43.6. The number of ether oxygens (including phenoxy) is 8. The molecule has 0 bridgehead atoms. The molecule has 55 heavy (non-hydrogen) atoms. The van der Waals surface area contributed by atoms with Crippen LogP contribution in [0.25, 0.3) is 0 Å². The highest BCUT2D eigenvalue weighted by atomic mass is 16.6. The molecule has 1 aliphatic rings. The van der Waals surface area contributed by atoms with Crippen molar-refractivity contribution < 1.29 is 67.3 Å². The standard InChI is InChI=1S/C17H32O6.C11H20O4.C7H16O2.C6H12O2/c1-12(2)14(18)21-11-13(3)23-17(7,8)15(19)20-9-10-22-16(4,5)6;1-8(2)10(13)14-6-9(3)15-11(4,5)7-12;1-7(2,3)9-6-5-8-4;7-5-2-1-3-6(8)4-5/h12-13H,9-11H2,1-8H3;7-9H,6H2,1-5H3;5-6H2,1-4H3;5-8H,1-4H2. The third-order valence-electron chi connectivity index (χ3n) is 6.93. The van der Waals surface area contributed by atoms with E-state index in [1.165, 1.54) is 0 Å². The molecule has 328 valence electrons. The molecule has 14 heteroatoms. The summed E-state index contributed by atoms with van der Waals surface area (Å²) >= 11 is 0. The largest absolute Gasteiger partial charge is 0.463 e. The maximum atomic E-state index is 12.1.